The van der Waals surface area contributed by atoms with Crippen molar-refractivity contribution in [3.63, 3.8) is 0 Å². The molecule has 5 heterocycles. The Kier molecular flexibility index (Phi) is 4.51. The summed E-state index contributed by atoms with van der Waals surface area (Å²) in [7, 11) is 0. The molecule has 1 spiro atoms. The largest absolute Gasteiger partial charge is 0.356 e. The molecule has 1 atom stereocenters. The van der Waals surface area contributed by atoms with E-state index in [0.717, 1.165) is 43.0 Å². The summed E-state index contributed by atoms with van der Waals surface area (Å²) >= 11 is 1.72. The summed E-state index contributed by atoms with van der Waals surface area (Å²) in [6.45, 7) is 8.98. The molecule has 6 rings (SSSR count). The van der Waals surface area contributed by atoms with Gasteiger partial charge in [-0.3, -0.25) is 4.90 Å². The van der Waals surface area contributed by atoms with Gasteiger partial charge in [0.25, 0.3) is 0 Å². The Bertz CT molecular complexity index is 1240. The number of thiazole rings is 1. The monoisotopic (exact) mass is 432 g/mol. The van der Waals surface area contributed by atoms with E-state index in [1.807, 2.05) is 22.3 Å². The van der Waals surface area contributed by atoms with Gasteiger partial charge in [-0.05, 0) is 69.3 Å². The number of aromatic nitrogens is 4. The zero-order chi connectivity index (χ0) is 21.0. The Morgan fingerprint density at radius 1 is 1.06 bits per heavy atom. The molecule has 0 aliphatic carbocycles. The second-order valence-electron chi connectivity index (χ2n) is 9.32. The van der Waals surface area contributed by atoms with E-state index in [1.165, 1.54) is 35.3 Å². The lowest BCUT2D eigenvalue weighted by atomic mass is 9.77. The Hall–Kier alpha value is -2.51. The molecular formula is C24H28N6S. The SMILES string of the molecule is Cc1cc(N2CCC3(CCN(C(C)c4ccc5scnc5c4)CC3)C2)n2nccc2n1. The number of hydrogen-bond donors (Lipinski definition) is 0. The molecule has 0 saturated carbocycles. The van der Waals surface area contributed by atoms with Gasteiger partial charge in [-0.2, -0.15) is 9.61 Å². The van der Waals surface area contributed by atoms with Crippen LogP contribution in [0, 0.1) is 12.3 Å². The quantitative estimate of drug-likeness (QED) is 0.470. The van der Waals surface area contributed by atoms with E-state index in [1.54, 1.807) is 11.3 Å². The third-order valence-electron chi connectivity index (χ3n) is 7.47. The van der Waals surface area contributed by atoms with E-state index in [4.69, 9.17) is 0 Å². The summed E-state index contributed by atoms with van der Waals surface area (Å²) in [5.74, 6) is 1.19. The first-order valence-corrected chi connectivity index (χ1v) is 12.1. The molecular weight excluding hydrogens is 404 g/mol. The normalized spacial score (nSPS) is 20.3. The number of likely N-dealkylation sites (tertiary alicyclic amines) is 1. The van der Waals surface area contributed by atoms with Crippen LogP contribution in [0.5, 0.6) is 0 Å². The lowest BCUT2D eigenvalue weighted by Gasteiger charge is -2.42. The third kappa shape index (κ3) is 3.31. The van der Waals surface area contributed by atoms with Gasteiger partial charge in [0.15, 0.2) is 5.65 Å². The molecule has 0 amide bonds. The van der Waals surface area contributed by atoms with Crippen LogP contribution in [0.2, 0.25) is 0 Å². The summed E-state index contributed by atoms with van der Waals surface area (Å²) in [4.78, 5) is 14.3. The molecule has 2 aliphatic rings. The van der Waals surface area contributed by atoms with Crippen molar-refractivity contribution >= 4 is 33.0 Å². The van der Waals surface area contributed by atoms with Crippen LogP contribution in [0.4, 0.5) is 5.82 Å². The van der Waals surface area contributed by atoms with Crippen molar-refractivity contribution in [1.82, 2.24) is 24.5 Å². The van der Waals surface area contributed by atoms with Gasteiger partial charge in [0, 0.05) is 37.0 Å². The van der Waals surface area contributed by atoms with Crippen molar-refractivity contribution in [3.8, 4) is 0 Å². The number of anilines is 1. The average molecular weight is 433 g/mol. The number of piperidine rings is 1. The van der Waals surface area contributed by atoms with Crippen LogP contribution in [0.25, 0.3) is 15.9 Å². The van der Waals surface area contributed by atoms with E-state index in [0.29, 0.717) is 11.5 Å². The fourth-order valence-electron chi connectivity index (χ4n) is 5.51. The first-order valence-electron chi connectivity index (χ1n) is 11.2. The van der Waals surface area contributed by atoms with Gasteiger partial charge in [-0.1, -0.05) is 6.07 Å². The summed E-state index contributed by atoms with van der Waals surface area (Å²) in [5, 5.41) is 4.52. The Morgan fingerprint density at radius 3 is 2.77 bits per heavy atom. The topological polar surface area (TPSA) is 49.6 Å². The van der Waals surface area contributed by atoms with Crippen molar-refractivity contribution in [2.45, 2.75) is 39.2 Å². The summed E-state index contributed by atoms with van der Waals surface area (Å²) < 4.78 is 3.27. The Labute approximate surface area is 186 Å². The first-order chi connectivity index (χ1) is 15.1. The summed E-state index contributed by atoms with van der Waals surface area (Å²) in [6.07, 6.45) is 5.64. The van der Waals surface area contributed by atoms with E-state index in [-0.39, 0.29) is 0 Å². The van der Waals surface area contributed by atoms with E-state index in [2.05, 4.69) is 63.0 Å². The molecule has 1 unspecified atom stereocenters. The van der Waals surface area contributed by atoms with Gasteiger partial charge in [0.2, 0.25) is 0 Å². The molecule has 1 aromatic carbocycles. The van der Waals surface area contributed by atoms with Gasteiger partial charge < -0.3 is 4.90 Å². The van der Waals surface area contributed by atoms with Crippen molar-refractivity contribution in [1.29, 1.82) is 0 Å². The maximum Gasteiger partial charge on any atom is 0.157 e. The van der Waals surface area contributed by atoms with Crippen LogP contribution >= 0.6 is 11.3 Å². The van der Waals surface area contributed by atoms with Crippen molar-refractivity contribution in [3.05, 3.63) is 53.3 Å². The number of benzene rings is 1. The predicted molar refractivity (Wildman–Crippen MR) is 126 cm³/mol. The molecule has 2 fully saturated rings. The highest BCUT2D eigenvalue weighted by atomic mass is 32.1. The standard InChI is InChI=1S/C24H28N6S/c1-17-13-23(30-22(27-17)5-9-26-30)29-12-8-24(15-29)6-10-28(11-7-24)18(2)19-3-4-21-20(14-19)25-16-31-21/h3-5,9,13-14,16,18H,6-8,10-12,15H2,1-2H3. The number of rotatable bonds is 3. The van der Waals surface area contributed by atoms with Crippen LogP contribution in [-0.4, -0.2) is 50.7 Å². The van der Waals surface area contributed by atoms with E-state index < -0.39 is 0 Å². The molecule has 6 nitrogen and oxygen atoms in total. The fraction of sp³-hybridized carbons (Fsp3) is 0.458. The molecule has 0 N–H and O–H groups in total. The minimum Gasteiger partial charge on any atom is -0.356 e. The van der Waals surface area contributed by atoms with Crippen LogP contribution < -0.4 is 4.90 Å². The maximum absolute atomic E-state index is 4.61. The smallest absolute Gasteiger partial charge is 0.157 e. The Balaban J connectivity index is 1.16. The van der Waals surface area contributed by atoms with Gasteiger partial charge in [0.1, 0.15) is 5.82 Å². The molecule has 7 heteroatoms. The van der Waals surface area contributed by atoms with Crippen LogP contribution in [-0.2, 0) is 0 Å². The molecule has 3 aromatic heterocycles. The molecule has 4 aromatic rings. The molecule has 0 radical (unpaired) electrons. The maximum atomic E-state index is 4.61. The van der Waals surface area contributed by atoms with Gasteiger partial charge in [-0.25, -0.2) is 9.97 Å². The lowest BCUT2D eigenvalue weighted by molar-refractivity contribution is 0.0908. The van der Waals surface area contributed by atoms with E-state index in [9.17, 15) is 0 Å². The van der Waals surface area contributed by atoms with E-state index >= 15 is 0 Å². The second kappa shape index (κ2) is 7.28. The molecule has 2 saturated heterocycles. The third-order valence-corrected chi connectivity index (χ3v) is 8.28. The number of fused-ring (bicyclic) bond motifs is 2. The van der Waals surface area contributed by atoms with Crippen LogP contribution in [0.1, 0.15) is 43.5 Å². The highest BCUT2D eigenvalue weighted by Gasteiger charge is 2.42. The van der Waals surface area contributed by atoms with Crippen molar-refractivity contribution in [2.24, 2.45) is 5.41 Å². The highest BCUT2D eigenvalue weighted by Crippen LogP contribution is 2.43. The predicted octanol–water partition coefficient (Wildman–Crippen LogP) is 4.70. The summed E-state index contributed by atoms with van der Waals surface area (Å²) in [6, 6.07) is 11.4. The van der Waals surface area contributed by atoms with Gasteiger partial charge in [-0.15, -0.1) is 11.3 Å². The molecule has 0 bridgehead atoms. The van der Waals surface area contributed by atoms with Crippen LogP contribution in [0.15, 0.2) is 42.0 Å². The summed E-state index contributed by atoms with van der Waals surface area (Å²) in [5.41, 5.74) is 6.88. The Morgan fingerprint density at radius 2 is 1.90 bits per heavy atom. The fourth-order valence-corrected chi connectivity index (χ4v) is 6.17. The molecule has 31 heavy (non-hydrogen) atoms. The van der Waals surface area contributed by atoms with Crippen molar-refractivity contribution in [2.75, 3.05) is 31.1 Å². The number of hydrogen-bond acceptors (Lipinski definition) is 6. The number of aryl methyl sites for hydroxylation is 1. The first kappa shape index (κ1) is 19.2. The zero-order valence-corrected chi connectivity index (χ0v) is 19.0. The average Bonchev–Trinajstić information content (AvgIpc) is 3.52. The number of nitrogens with zero attached hydrogens (tertiary/aromatic N) is 6. The van der Waals surface area contributed by atoms with Crippen molar-refractivity contribution < 1.29 is 0 Å². The minimum absolute atomic E-state index is 0.422. The zero-order valence-electron chi connectivity index (χ0n) is 18.2. The van der Waals surface area contributed by atoms with Gasteiger partial charge in [0.05, 0.1) is 21.9 Å². The second-order valence-corrected chi connectivity index (χ2v) is 10.2. The molecule has 160 valence electrons. The van der Waals surface area contributed by atoms with Gasteiger partial charge >= 0.3 is 0 Å². The minimum atomic E-state index is 0.422. The highest BCUT2D eigenvalue weighted by molar-refractivity contribution is 7.16. The lowest BCUT2D eigenvalue weighted by Crippen LogP contribution is -2.42. The van der Waals surface area contributed by atoms with Crippen LogP contribution in [0.3, 0.4) is 0 Å². The molecule has 2 aliphatic heterocycles.